The van der Waals surface area contributed by atoms with Gasteiger partial charge in [0, 0.05) is 25.0 Å². The van der Waals surface area contributed by atoms with E-state index in [9.17, 15) is 8.42 Å². The number of rotatable bonds is 7. The van der Waals surface area contributed by atoms with Crippen LogP contribution >= 0.6 is 0 Å². The first-order valence-electron chi connectivity index (χ1n) is 11.8. The number of hydrogen-bond acceptors (Lipinski definition) is 4. The summed E-state index contributed by atoms with van der Waals surface area (Å²) in [5.74, 6) is 0.723. The van der Waals surface area contributed by atoms with E-state index in [0.29, 0.717) is 11.4 Å². The Morgan fingerprint density at radius 1 is 1.00 bits per heavy atom. The quantitative estimate of drug-likeness (QED) is 0.525. The van der Waals surface area contributed by atoms with E-state index < -0.39 is 10.0 Å². The van der Waals surface area contributed by atoms with Crippen LogP contribution in [0.5, 0.6) is 5.75 Å². The first kappa shape index (κ1) is 22.2. The molecular formula is C27H32N2O3S. The van der Waals surface area contributed by atoms with Crippen molar-refractivity contribution in [3.63, 3.8) is 0 Å². The minimum atomic E-state index is -3.64. The smallest absolute Gasteiger partial charge is 0.240 e. The molecule has 1 heterocycles. The van der Waals surface area contributed by atoms with E-state index in [-0.39, 0.29) is 5.41 Å². The first-order chi connectivity index (χ1) is 15.9. The molecule has 0 spiro atoms. The van der Waals surface area contributed by atoms with Crippen LogP contribution in [0.25, 0.3) is 10.8 Å². The first-order valence-corrected chi connectivity index (χ1v) is 13.3. The fourth-order valence-electron chi connectivity index (χ4n) is 5.08. The third-order valence-corrected chi connectivity index (χ3v) is 8.62. The molecule has 5 nitrogen and oxygen atoms in total. The van der Waals surface area contributed by atoms with Gasteiger partial charge in [0.1, 0.15) is 5.75 Å². The van der Waals surface area contributed by atoms with Gasteiger partial charge in [0.05, 0.1) is 17.7 Å². The Hall–Kier alpha value is -2.57. The zero-order chi connectivity index (χ0) is 23.1. The van der Waals surface area contributed by atoms with E-state index in [0.717, 1.165) is 50.2 Å². The summed E-state index contributed by atoms with van der Waals surface area (Å²) in [5, 5.41) is 2.43. The van der Waals surface area contributed by atoms with E-state index in [1.807, 2.05) is 0 Å². The molecule has 1 aliphatic carbocycles. The van der Waals surface area contributed by atoms with Crippen LogP contribution < -0.4 is 14.4 Å². The Balaban J connectivity index is 1.41. The second-order valence-corrected chi connectivity index (χ2v) is 11.3. The van der Waals surface area contributed by atoms with Crippen LogP contribution in [-0.2, 0) is 15.4 Å². The predicted octanol–water partition coefficient (Wildman–Crippen LogP) is 5.16. The van der Waals surface area contributed by atoms with Crippen LogP contribution in [0.15, 0.2) is 59.5 Å². The lowest BCUT2D eigenvalue weighted by molar-refractivity contribution is 0.412. The van der Waals surface area contributed by atoms with E-state index >= 15 is 0 Å². The monoisotopic (exact) mass is 464 g/mol. The highest BCUT2D eigenvalue weighted by molar-refractivity contribution is 7.89. The van der Waals surface area contributed by atoms with Crippen molar-refractivity contribution in [3.8, 4) is 5.75 Å². The molecule has 6 heteroatoms. The summed E-state index contributed by atoms with van der Waals surface area (Å²) in [6, 6.07) is 18.0. The second kappa shape index (κ2) is 8.65. The summed E-state index contributed by atoms with van der Waals surface area (Å²) in [5.41, 5.74) is 3.19. The van der Waals surface area contributed by atoms with E-state index in [1.165, 1.54) is 28.3 Å². The van der Waals surface area contributed by atoms with Crippen LogP contribution in [0.2, 0.25) is 0 Å². The van der Waals surface area contributed by atoms with Crippen LogP contribution in [0.4, 0.5) is 5.69 Å². The molecule has 2 fully saturated rings. The van der Waals surface area contributed by atoms with Crippen molar-refractivity contribution in [2.45, 2.75) is 49.3 Å². The average molecular weight is 465 g/mol. The fourth-order valence-corrected chi connectivity index (χ4v) is 6.22. The molecule has 0 radical (unpaired) electrons. The number of nitrogens with zero attached hydrogens (tertiary/aromatic N) is 1. The molecular weight excluding hydrogens is 432 g/mol. The summed E-state index contributed by atoms with van der Waals surface area (Å²) >= 11 is 0. The maximum Gasteiger partial charge on any atom is 0.240 e. The topological polar surface area (TPSA) is 58.6 Å². The number of piperidine rings is 1. The summed E-state index contributed by atoms with van der Waals surface area (Å²) in [6.45, 7) is 4.36. The molecule has 33 heavy (non-hydrogen) atoms. The number of hydrogen-bond donors (Lipinski definition) is 1. The highest BCUT2D eigenvalue weighted by atomic mass is 32.2. The molecule has 5 rings (SSSR count). The Labute approximate surface area is 196 Å². The summed E-state index contributed by atoms with van der Waals surface area (Å²) in [6.07, 6.45) is 5.43. The Kier molecular flexibility index (Phi) is 5.83. The lowest BCUT2D eigenvalue weighted by Gasteiger charge is -2.30. The molecule has 0 aromatic heterocycles. The van der Waals surface area contributed by atoms with Crippen molar-refractivity contribution in [1.29, 1.82) is 0 Å². The van der Waals surface area contributed by atoms with Crippen molar-refractivity contribution in [1.82, 2.24) is 4.72 Å². The van der Waals surface area contributed by atoms with Crippen LogP contribution in [0.1, 0.15) is 43.2 Å². The van der Waals surface area contributed by atoms with Crippen LogP contribution in [-0.4, -0.2) is 35.2 Å². The molecule has 1 saturated carbocycles. The molecule has 1 N–H and O–H groups in total. The van der Waals surface area contributed by atoms with Gasteiger partial charge in [-0.25, -0.2) is 13.1 Å². The lowest BCUT2D eigenvalue weighted by Crippen LogP contribution is -2.33. The van der Waals surface area contributed by atoms with E-state index in [1.54, 1.807) is 25.3 Å². The number of ether oxygens (including phenoxy) is 1. The minimum absolute atomic E-state index is 0.136. The highest BCUT2D eigenvalue weighted by Crippen LogP contribution is 2.50. The Bertz CT molecular complexity index is 1280. The SMILES string of the molecule is COc1ccc(S(=O)(=O)NCC2(c3cccc4ccc(C)cc34)CC2)cc1N1CCCCC1. The van der Waals surface area contributed by atoms with Crippen LogP contribution in [0, 0.1) is 6.92 Å². The van der Waals surface area contributed by atoms with Crippen molar-refractivity contribution in [2.75, 3.05) is 31.6 Å². The van der Waals surface area contributed by atoms with Gasteiger partial charge in [-0.3, -0.25) is 0 Å². The number of sulfonamides is 1. The van der Waals surface area contributed by atoms with Crippen LogP contribution in [0.3, 0.4) is 0 Å². The molecule has 174 valence electrons. The van der Waals surface area contributed by atoms with Crippen molar-refractivity contribution in [3.05, 3.63) is 65.7 Å². The normalized spacial score (nSPS) is 17.8. The van der Waals surface area contributed by atoms with Crippen molar-refractivity contribution in [2.24, 2.45) is 0 Å². The standard InChI is InChI=1S/C27H32N2O3S/c1-20-9-10-21-7-6-8-24(23(21)17-20)27(13-14-27)19-28-33(30,31)22-11-12-26(32-2)25(18-22)29-15-4-3-5-16-29/h6-12,17-18,28H,3-5,13-16,19H2,1-2H3. The molecule has 3 aromatic carbocycles. The molecule has 2 aliphatic rings. The third kappa shape index (κ3) is 4.34. The predicted molar refractivity (Wildman–Crippen MR) is 134 cm³/mol. The fraction of sp³-hybridized carbons (Fsp3) is 0.407. The molecule has 3 aromatic rings. The number of anilines is 1. The van der Waals surface area contributed by atoms with Gasteiger partial charge in [-0.15, -0.1) is 0 Å². The number of nitrogens with one attached hydrogen (secondary N) is 1. The number of aryl methyl sites for hydroxylation is 1. The van der Waals surface area contributed by atoms with Gasteiger partial charge in [0.15, 0.2) is 0 Å². The van der Waals surface area contributed by atoms with E-state index in [4.69, 9.17) is 4.74 Å². The van der Waals surface area contributed by atoms with Crippen molar-refractivity contribution >= 4 is 26.5 Å². The highest BCUT2D eigenvalue weighted by Gasteiger charge is 2.45. The van der Waals surface area contributed by atoms with E-state index in [2.05, 4.69) is 52.9 Å². The van der Waals surface area contributed by atoms with Gasteiger partial charge < -0.3 is 9.64 Å². The maximum absolute atomic E-state index is 13.3. The Morgan fingerprint density at radius 3 is 2.52 bits per heavy atom. The molecule has 0 unspecified atom stereocenters. The zero-order valence-electron chi connectivity index (χ0n) is 19.4. The van der Waals surface area contributed by atoms with Gasteiger partial charge in [0.2, 0.25) is 10.0 Å². The largest absolute Gasteiger partial charge is 0.495 e. The molecule has 1 aliphatic heterocycles. The molecule has 1 saturated heterocycles. The van der Waals surface area contributed by atoms with Gasteiger partial charge in [0.25, 0.3) is 0 Å². The molecule has 0 amide bonds. The van der Waals surface area contributed by atoms with Gasteiger partial charge in [-0.05, 0) is 73.6 Å². The summed E-state index contributed by atoms with van der Waals surface area (Å²) < 4.78 is 35.1. The number of benzene rings is 3. The summed E-state index contributed by atoms with van der Waals surface area (Å²) in [4.78, 5) is 2.54. The maximum atomic E-state index is 13.3. The molecule has 0 bridgehead atoms. The minimum Gasteiger partial charge on any atom is -0.495 e. The van der Waals surface area contributed by atoms with Gasteiger partial charge in [-0.1, -0.05) is 42.0 Å². The average Bonchev–Trinajstić information content (AvgIpc) is 3.63. The number of methoxy groups -OCH3 is 1. The zero-order valence-corrected chi connectivity index (χ0v) is 20.2. The van der Waals surface area contributed by atoms with Crippen molar-refractivity contribution < 1.29 is 13.2 Å². The second-order valence-electron chi connectivity index (χ2n) is 9.52. The molecule has 0 atom stereocenters. The third-order valence-electron chi connectivity index (χ3n) is 7.22. The lowest BCUT2D eigenvalue weighted by atomic mass is 9.90. The Morgan fingerprint density at radius 2 is 1.79 bits per heavy atom. The van der Waals surface area contributed by atoms with Gasteiger partial charge in [-0.2, -0.15) is 0 Å². The summed E-state index contributed by atoms with van der Waals surface area (Å²) in [7, 11) is -2.00. The number of fused-ring (bicyclic) bond motifs is 1. The van der Waals surface area contributed by atoms with Gasteiger partial charge >= 0.3 is 0 Å².